The van der Waals surface area contributed by atoms with Crippen LogP contribution in [0.5, 0.6) is 0 Å². The van der Waals surface area contributed by atoms with Crippen LogP contribution in [0.2, 0.25) is 0 Å². The fourth-order valence-corrected chi connectivity index (χ4v) is 3.56. The predicted octanol–water partition coefficient (Wildman–Crippen LogP) is 2.52. The summed E-state index contributed by atoms with van der Waals surface area (Å²) in [5, 5.41) is 0. The first-order valence-corrected chi connectivity index (χ1v) is 8.94. The molecule has 1 N–H and O–H groups in total. The van der Waals surface area contributed by atoms with Gasteiger partial charge in [0.1, 0.15) is 5.52 Å². The minimum absolute atomic E-state index is 0.00946. The Morgan fingerprint density at radius 2 is 2.04 bits per heavy atom. The molecule has 130 valence electrons. The highest BCUT2D eigenvalue weighted by molar-refractivity contribution is 6.07. The molecule has 1 amide bonds. The van der Waals surface area contributed by atoms with Gasteiger partial charge in [-0.1, -0.05) is 6.58 Å². The van der Waals surface area contributed by atoms with Crippen LogP contribution in [0.3, 0.4) is 0 Å². The average Bonchev–Trinajstić information content (AvgIpc) is 3.41. The van der Waals surface area contributed by atoms with E-state index < -0.39 is 0 Å². The molecule has 0 unspecified atom stereocenters. The molecule has 25 heavy (non-hydrogen) atoms. The van der Waals surface area contributed by atoms with Crippen molar-refractivity contribution in [3.8, 4) is 0 Å². The highest BCUT2D eigenvalue weighted by Crippen LogP contribution is 2.34. The van der Waals surface area contributed by atoms with E-state index in [0.29, 0.717) is 22.6 Å². The van der Waals surface area contributed by atoms with Crippen molar-refractivity contribution in [1.82, 2.24) is 19.9 Å². The van der Waals surface area contributed by atoms with Crippen molar-refractivity contribution >= 4 is 22.9 Å². The van der Waals surface area contributed by atoms with Crippen LogP contribution in [0.25, 0.3) is 11.2 Å². The van der Waals surface area contributed by atoms with Gasteiger partial charge < -0.3 is 9.88 Å². The number of H-pyrrole nitrogens is 1. The van der Waals surface area contributed by atoms with E-state index in [0.717, 1.165) is 50.9 Å². The van der Waals surface area contributed by atoms with Gasteiger partial charge in [0.15, 0.2) is 11.4 Å². The van der Waals surface area contributed by atoms with E-state index in [1.54, 1.807) is 12.4 Å². The van der Waals surface area contributed by atoms with Crippen molar-refractivity contribution in [2.45, 2.75) is 32.1 Å². The molecule has 1 saturated heterocycles. The first-order chi connectivity index (χ1) is 12.2. The summed E-state index contributed by atoms with van der Waals surface area (Å²) in [4.78, 5) is 38.1. The van der Waals surface area contributed by atoms with Crippen molar-refractivity contribution in [1.29, 1.82) is 0 Å². The number of carbonyl (C=O) groups is 2. The molecular formula is C19H22N4O2. The molecule has 3 heterocycles. The molecule has 2 aromatic rings. The molecule has 1 aliphatic heterocycles. The summed E-state index contributed by atoms with van der Waals surface area (Å²) in [7, 11) is 0. The third-order valence-electron chi connectivity index (χ3n) is 5.24. The van der Waals surface area contributed by atoms with Crippen molar-refractivity contribution in [2.75, 3.05) is 13.1 Å². The number of nitrogens with one attached hydrogen (secondary N) is 1. The fourth-order valence-electron chi connectivity index (χ4n) is 3.56. The largest absolute Gasteiger partial charge is 0.344 e. The Morgan fingerprint density at radius 1 is 1.28 bits per heavy atom. The van der Waals surface area contributed by atoms with Crippen LogP contribution in [-0.2, 0) is 11.2 Å². The summed E-state index contributed by atoms with van der Waals surface area (Å²) in [6, 6.07) is 0. The predicted molar refractivity (Wildman–Crippen MR) is 94.1 cm³/mol. The molecular weight excluding hydrogens is 316 g/mol. The van der Waals surface area contributed by atoms with E-state index in [4.69, 9.17) is 4.98 Å². The van der Waals surface area contributed by atoms with Gasteiger partial charge in [-0.05, 0) is 44.1 Å². The van der Waals surface area contributed by atoms with Crippen LogP contribution >= 0.6 is 0 Å². The van der Waals surface area contributed by atoms with E-state index in [1.165, 1.54) is 6.08 Å². The normalized spacial score (nSPS) is 18.5. The zero-order valence-electron chi connectivity index (χ0n) is 14.2. The SMILES string of the molecule is C=CC(=O)N1CCC(Cc2cnc3[nH]cc(C(=O)C4CC4)c3n2)CC1. The highest BCUT2D eigenvalue weighted by Gasteiger charge is 2.32. The molecule has 2 aromatic heterocycles. The second kappa shape index (κ2) is 6.43. The number of piperidine rings is 1. The lowest BCUT2D eigenvalue weighted by molar-refractivity contribution is -0.127. The third kappa shape index (κ3) is 3.21. The first kappa shape index (κ1) is 16.0. The van der Waals surface area contributed by atoms with E-state index in [2.05, 4.69) is 16.5 Å². The number of hydrogen-bond donors (Lipinski definition) is 1. The standard InChI is InChI=1S/C19H22N4O2/c1-2-16(24)23-7-5-12(6-8-23)9-14-10-20-19-17(22-14)15(11-21-19)18(25)13-3-4-13/h2,10-13H,1,3-9H2,(H,20,21). The lowest BCUT2D eigenvalue weighted by Crippen LogP contribution is -2.37. The van der Waals surface area contributed by atoms with Gasteiger partial charge in [-0.15, -0.1) is 0 Å². The molecule has 1 saturated carbocycles. The molecule has 6 nitrogen and oxygen atoms in total. The summed E-state index contributed by atoms with van der Waals surface area (Å²) < 4.78 is 0. The lowest BCUT2D eigenvalue weighted by Gasteiger charge is -2.31. The number of Topliss-reactive ketones (excluding diaryl/α,β-unsaturated/α-hetero) is 1. The topological polar surface area (TPSA) is 79.0 Å². The number of carbonyl (C=O) groups excluding carboxylic acids is 2. The molecule has 2 aliphatic rings. The van der Waals surface area contributed by atoms with Crippen molar-refractivity contribution in [3.05, 3.63) is 36.3 Å². The van der Waals surface area contributed by atoms with Crippen LogP contribution in [0.4, 0.5) is 0 Å². The summed E-state index contributed by atoms with van der Waals surface area (Å²) >= 11 is 0. The van der Waals surface area contributed by atoms with E-state index in [-0.39, 0.29) is 17.6 Å². The Bertz CT molecular complexity index is 829. The van der Waals surface area contributed by atoms with Gasteiger partial charge in [-0.3, -0.25) is 9.59 Å². The van der Waals surface area contributed by atoms with Crippen molar-refractivity contribution in [3.63, 3.8) is 0 Å². The Labute approximate surface area is 146 Å². The number of amides is 1. The van der Waals surface area contributed by atoms with E-state index in [9.17, 15) is 9.59 Å². The van der Waals surface area contributed by atoms with Crippen LogP contribution in [0.1, 0.15) is 41.7 Å². The van der Waals surface area contributed by atoms with E-state index >= 15 is 0 Å². The Balaban J connectivity index is 1.47. The summed E-state index contributed by atoms with van der Waals surface area (Å²) in [5.41, 5.74) is 2.98. The van der Waals surface area contributed by atoms with Gasteiger partial charge in [-0.2, -0.15) is 0 Å². The van der Waals surface area contributed by atoms with Crippen LogP contribution < -0.4 is 0 Å². The van der Waals surface area contributed by atoms with Crippen LogP contribution in [-0.4, -0.2) is 44.6 Å². The summed E-state index contributed by atoms with van der Waals surface area (Å²) in [5.74, 6) is 0.863. The number of fused-ring (bicyclic) bond motifs is 1. The third-order valence-corrected chi connectivity index (χ3v) is 5.24. The Hall–Kier alpha value is -2.50. The van der Waals surface area contributed by atoms with Gasteiger partial charge in [0.2, 0.25) is 5.91 Å². The van der Waals surface area contributed by atoms with Crippen molar-refractivity contribution in [2.24, 2.45) is 11.8 Å². The summed E-state index contributed by atoms with van der Waals surface area (Å²) in [6.45, 7) is 5.07. The molecule has 0 aromatic carbocycles. The number of aromatic amines is 1. The van der Waals surface area contributed by atoms with Gasteiger partial charge >= 0.3 is 0 Å². The molecule has 0 radical (unpaired) electrons. The van der Waals surface area contributed by atoms with E-state index in [1.807, 2.05) is 4.90 Å². The maximum absolute atomic E-state index is 12.4. The minimum Gasteiger partial charge on any atom is -0.344 e. The monoisotopic (exact) mass is 338 g/mol. The Morgan fingerprint density at radius 3 is 2.72 bits per heavy atom. The van der Waals surface area contributed by atoms with Gasteiger partial charge in [0, 0.05) is 25.2 Å². The van der Waals surface area contributed by atoms with Crippen LogP contribution in [0, 0.1) is 11.8 Å². The van der Waals surface area contributed by atoms with Gasteiger partial charge in [0.05, 0.1) is 17.5 Å². The fraction of sp³-hybridized carbons (Fsp3) is 0.474. The number of rotatable bonds is 5. The smallest absolute Gasteiger partial charge is 0.245 e. The maximum Gasteiger partial charge on any atom is 0.245 e. The molecule has 0 spiro atoms. The molecule has 4 rings (SSSR count). The number of nitrogens with zero attached hydrogens (tertiary/aromatic N) is 3. The molecule has 6 heteroatoms. The number of aromatic nitrogens is 3. The molecule has 2 fully saturated rings. The van der Waals surface area contributed by atoms with Crippen LogP contribution in [0.15, 0.2) is 25.0 Å². The second-order valence-electron chi connectivity index (χ2n) is 7.08. The zero-order valence-corrected chi connectivity index (χ0v) is 14.2. The van der Waals surface area contributed by atoms with Gasteiger partial charge in [0.25, 0.3) is 0 Å². The minimum atomic E-state index is 0.00946. The molecule has 1 aliphatic carbocycles. The van der Waals surface area contributed by atoms with Crippen molar-refractivity contribution < 1.29 is 9.59 Å². The quantitative estimate of drug-likeness (QED) is 0.671. The number of hydrogen-bond acceptors (Lipinski definition) is 4. The first-order valence-electron chi connectivity index (χ1n) is 8.94. The number of ketones is 1. The summed E-state index contributed by atoms with van der Waals surface area (Å²) in [6.07, 6.45) is 9.65. The number of likely N-dealkylation sites (tertiary alicyclic amines) is 1. The lowest BCUT2D eigenvalue weighted by atomic mass is 9.92. The molecule has 0 bridgehead atoms. The second-order valence-corrected chi connectivity index (χ2v) is 7.08. The molecule has 0 atom stereocenters. The zero-order chi connectivity index (χ0) is 17.4. The average molecular weight is 338 g/mol. The maximum atomic E-state index is 12.4. The van der Waals surface area contributed by atoms with Gasteiger partial charge in [-0.25, -0.2) is 9.97 Å². The highest BCUT2D eigenvalue weighted by atomic mass is 16.2. The Kier molecular flexibility index (Phi) is 4.11.